The third kappa shape index (κ3) is 2.80. The van der Waals surface area contributed by atoms with Gasteiger partial charge in [-0.3, -0.25) is 0 Å². The first-order valence-corrected chi connectivity index (χ1v) is 8.51. The number of allylic oxidation sites excluding steroid dienone is 4. The molecule has 0 radical (unpaired) electrons. The van der Waals surface area contributed by atoms with Gasteiger partial charge < -0.3 is 0 Å². The highest BCUT2D eigenvalue weighted by atomic mass is 35.5. The number of hydrogen-bond donors (Lipinski definition) is 0. The standard InChI is InChI=1S/C15H13Cl2N3S/c1-8-10(13-11(16)4-3-5-12(13)17)6-9-7-18-15(21-2)20-14(9)19-8/h4,6-7H,3,5H2,1-2H3. The van der Waals surface area contributed by atoms with Gasteiger partial charge in [-0.15, -0.1) is 0 Å². The van der Waals surface area contributed by atoms with Crippen LogP contribution in [0.4, 0.5) is 0 Å². The minimum atomic E-state index is 0.692. The van der Waals surface area contributed by atoms with Crippen LogP contribution in [0.5, 0.6) is 0 Å². The first-order chi connectivity index (χ1) is 10.1. The Morgan fingerprint density at radius 3 is 2.76 bits per heavy atom. The summed E-state index contributed by atoms with van der Waals surface area (Å²) in [7, 11) is 0. The van der Waals surface area contributed by atoms with Crippen molar-refractivity contribution in [1.82, 2.24) is 15.0 Å². The van der Waals surface area contributed by atoms with Crippen molar-refractivity contribution in [3.05, 3.63) is 39.7 Å². The van der Waals surface area contributed by atoms with E-state index in [1.807, 2.05) is 25.3 Å². The summed E-state index contributed by atoms with van der Waals surface area (Å²) >= 11 is 14.2. The van der Waals surface area contributed by atoms with Crippen LogP contribution in [0.1, 0.15) is 24.1 Å². The summed E-state index contributed by atoms with van der Waals surface area (Å²) in [6, 6.07) is 2.01. The van der Waals surface area contributed by atoms with E-state index in [-0.39, 0.29) is 0 Å². The fourth-order valence-electron chi connectivity index (χ4n) is 2.35. The highest BCUT2D eigenvalue weighted by molar-refractivity contribution is 7.98. The van der Waals surface area contributed by atoms with Crippen molar-refractivity contribution in [1.29, 1.82) is 0 Å². The molecule has 3 rings (SSSR count). The van der Waals surface area contributed by atoms with Gasteiger partial charge in [-0.05, 0) is 32.1 Å². The van der Waals surface area contributed by atoms with Gasteiger partial charge in [0.1, 0.15) is 0 Å². The predicted molar refractivity (Wildman–Crippen MR) is 89.8 cm³/mol. The van der Waals surface area contributed by atoms with Crippen molar-refractivity contribution < 1.29 is 0 Å². The summed E-state index contributed by atoms with van der Waals surface area (Å²) in [5.41, 5.74) is 3.40. The maximum atomic E-state index is 6.37. The second kappa shape index (κ2) is 5.95. The Labute approximate surface area is 137 Å². The van der Waals surface area contributed by atoms with E-state index in [2.05, 4.69) is 15.0 Å². The van der Waals surface area contributed by atoms with Gasteiger partial charge in [0.15, 0.2) is 10.8 Å². The molecule has 0 spiro atoms. The van der Waals surface area contributed by atoms with E-state index in [0.29, 0.717) is 10.7 Å². The fourth-order valence-corrected chi connectivity index (χ4v) is 3.37. The summed E-state index contributed by atoms with van der Waals surface area (Å²) in [5, 5.41) is 3.08. The van der Waals surface area contributed by atoms with Gasteiger partial charge in [-0.25, -0.2) is 15.0 Å². The van der Waals surface area contributed by atoms with Crippen LogP contribution in [0.25, 0.3) is 16.6 Å². The van der Waals surface area contributed by atoms with Crippen molar-refractivity contribution >= 4 is 51.6 Å². The van der Waals surface area contributed by atoms with Crippen molar-refractivity contribution in [2.45, 2.75) is 24.9 Å². The molecule has 3 nitrogen and oxygen atoms in total. The lowest BCUT2D eigenvalue weighted by Crippen LogP contribution is -2.00. The molecule has 0 bridgehead atoms. The first-order valence-electron chi connectivity index (χ1n) is 6.53. The topological polar surface area (TPSA) is 38.7 Å². The minimum Gasteiger partial charge on any atom is -0.233 e. The van der Waals surface area contributed by atoms with Gasteiger partial charge in [0.2, 0.25) is 0 Å². The van der Waals surface area contributed by atoms with Crippen LogP contribution in [-0.4, -0.2) is 21.2 Å². The number of halogens is 2. The number of aryl methyl sites for hydroxylation is 1. The lowest BCUT2D eigenvalue weighted by Gasteiger charge is -2.16. The lowest BCUT2D eigenvalue weighted by atomic mass is 9.97. The van der Waals surface area contributed by atoms with Gasteiger partial charge in [0, 0.05) is 38.5 Å². The van der Waals surface area contributed by atoms with Crippen LogP contribution in [-0.2, 0) is 0 Å². The minimum absolute atomic E-state index is 0.692. The fraction of sp³-hybridized carbons (Fsp3) is 0.267. The summed E-state index contributed by atoms with van der Waals surface area (Å²) < 4.78 is 0. The molecule has 0 aromatic carbocycles. The summed E-state index contributed by atoms with van der Waals surface area (Å²) in [6.07, 6.45) is 7.42. The molecule has 6 heteroatoms. The zero-order valence-corrected chi connectivity index (χ0v) is 14.0. The SMILES string of the molecule is CSc1ncc2cc(C3=C(Cl)CCC=C3Cl)c(C)nc2n1. The number of pyridine rings is 1. The molecule has 2 heterocycles. The van der Waals surface area contributed by atoms with Crippen molar-refractivity contribution in [3.63, 3.8) is 0 Å². The third-order valence-electron chi connectivity index (χ3n) is 3.39. The van der Waals surface area contributed by atoms with Crippen LogP contribution in [0.3, 0.4) is 0 Å². The van der Waals surface area contributed by atoms with Crippen LogP contribution >= 0.6 is 35.0 Å². The molecule has 0 atom stereocenters. The second-order valence-corrected chi connectivity index (χ2v) is 6.40. The predicted octanol–water partition coefficient (Wildman–Crippen LogP) is 4.92. The van der Waals surface area contributed by atoms with Crippen molar-refractivity contribution in [3.8, 4) is 0 Å². The van der Waals surface area contributed by atoms with E-state index in [1.54, 1.807) is 6.20 Å². The monoisotopic (exact) mass is 337 g/mol. The molecular formula is C15H13Cl2N3S. The highest BCUT2D eigenvalue weighted by Gasteiger charge is 2.18. The maximum Gasteiger partial charge on any atom is 0.189 e. The summed E-state index contributed by atoms with van der Waals surface area (Å²) in [6.45, 7) is 1.95. The van der Waals surface area contributed by atoms with Gasteiger partial charge in [0.25, 0.3) is 0 Å². The Bertz CT molecular complexity index is 784. The molecule has 1 aliphatic rings. The molecule has 21 heavy (non-hydrogen) atoms. The summed E-state index contributed by atoms with van der Waals surface area (Å²) in [5.74, 6) is 0. The molecule has 0 aliphatic heterocycles. The highest BCUT2D eigenvalue weighted by Crippen LogP contribution is 2.38. The Morgan fingerprint density at radius 2 is 2.05 bits per heavy atom. The smallest absolute Gasteiger partial charge is 0.189 e. The number of nitrogens with zero attached hydrogens (tertiary/aromatic N) is 3. The molecule has 0 amide bonds. The lowest BCUT2D eigenvalue weighted by molar-refractivity contribution is 0.984. The Balaban J connectivity index is 2.20. The molecule has 0 fully saturated rings. The number of fused-ring (bicyclic) bond motifs is 1. The molecule has 0 N–H and O–H groups in total. The van der Waals surface area contributed by atoms with Crippen LogP contribution in [0.15, 0.2) is 33.6 Å². The number of thioether (sulfide) groups is 1. The van der Waals surface area contributed by atoms with Crippen molar-refractivity contribution in [2.75, 3.05) is 6.26 Å². The van der Waals surface area contributed by atoms with Crippen LogP contribution in [0.2, 0.25) is 0 Å². The number of rotatable bonds is 2. The van der Waals surface area contributed by atoms with E-state index >= 15 is 0 Å². The average molecular weight is 338 g/mol. The Hall–Kier alpha value is -1.10. The van der Waals surface area contributed by atoms with E-state index in [9.17, 15) is 0 Å². The summed E-state index contributed by atoms with van der Waals surface area (Å²) in [4.78, 5) is 13.3. The quantitative estimate of drug-likeness (QED) is 0.575. The van der Waals surface area contributed by atoms with Gasteiger partial charge >= 0.3 is 0 Å². The van der Waals surface area contributed by atoms with Gasteiger partial charge in [-0.1, -0.05) is 41.0 Å². The van der Waals surface area contributed by atoms with E-state index < -0.39 is 0 Å². The molecule has 0 unspecified atom stereocenters. The maximum absolute atomic E-state index is 6.37. The van der Waals surface area contributed by atoms with E-state index in [4.69, 9.17) is 23.2 Å². The molecular weight excluding hydrogens is 325 g/mol. The van der Waals surface area contributed by atoms with Gasteiger partial charge in [-0.2, -0.15) is 0 Å². The zero-order chi connectivity index (χ0) is 15.0. The third-order valence-corrected chi connectivity index (χ3v) is 4.67. The zero-order valence-electron chi connectivity index (χ0n) is 11.7. The normalized spacial score (nSPS) is 15.5. The molecule has 0 saturated heterocycles. The molecule has 0 saturated carbocycles. The Kier molecular flexibility index (Phi) is 4.20. The molecule has 108 valence electrons. The average Bonchev–Trinajstić information content (AvgIpc) is 2.47. The number of hydrogen-bond acceptors (Lipinski definition) is 4. The largest absolute Gasteiger partial charge is 0.233 e. The molecule has 1 aliphatic carbocycles. The van der Waals surface area contributed by atoms with Crippen LogP contribution in [0, 0.1) is 6.92 Å². The molecule has 2 aromatic rings. The van der Waals surface area contributed by atoms with Gasteiger partial charge in [0.05, 0.1) is 0 Å². The van der Waals surface area contributed by atoms with E-state index in [0.717, 1.165) is 45.2 Å². The first kappa shape index (κ1) is 14.8. The number of aromatic nitrogens is 3. The van der Waals surface area contributed by atoms with Crippen LogP contribution < -0.4 is 0 Å². The van der Waals surface area contributed by atoms with E-state index in [1.165, 1.54) is 11.8 Å². The van der Waals surface area contributed by atoms with Crippen molar-refractivity contribution in [2.24, 2.45) is 0 Å². The molecule has 2 aromatic heterocycles. The Morgan fingerprint density at radius 1 is 1.24 bits per heavy atom. The second-order valence-electron chi connectivity index (χ2n) is 4.76.